The van der Waals surface area contributed by atoms with Crippen LogP contribution in [0.2, 0.25) is 0 Å². The second kappa shape index (κ2) is 6.27. The van der Waals surface area contributed by atoms with Crippen LogP contribution >= 0.6 is 0 Å². The van der Waals surface area contributed by atoms with E-state index in [9.17, 15) is 0 Å². The van der Waals surface area contributed by atoms with E-state index < -0.39 is 5.72 Å². The fraction of sp³-hybridized carbons (Fsp3) is 0.409. The maximum Gasteiger partial charge on any atom is 0.187 e. The molecule has 0 radical (unpaired) electrons. The standard InChI is InChI=1S/C22H27N3O2/c1-21(2)19-14-18(26-5)10-11-20(19)25-12-13-27-22(21,25)15-23-16-6-8-17(9-7-16)24(3)4/h6-11,14-15H,12-13H2,1-5H3. The molecule has 5 heteroatoms. The normalized spacial score (nSPS) is 22.8. The predicted molar refractivity (Wildman–Crippen MR) is 111 cm³/mol. The van der Waals surface area contributed by atoms with Gasteiger partial charge in [0, 0.05) is 37.4 Å². The summed E-state index contributed by atoms with van der Waals surface area (Å²) in [6, 6.07) is 14.5. The minimum absolute atomic E-state index is 0.250. The van der Waals surface area contributed by atoms with Crippen molar-refractivity contribution < 1.29 is 9.47 Å². The lowest BCUT2D eigenvalue weighted by molar-refractivity contribution is 0.0206. The Bertz CT molecular complexity index is 874. The van der Waals surface area contributed by atoms with Crippen LogP contribution < -0.4 is 14.5 Å². The summed E-state index contributed by atoms with van der Waals surface area (Å²) in [4.78, 5) is 9.22. The summed E-state index contributed by atoms with van der Waals surface area (Å²) in [5.74, 6) is 0.870. The fourth-order valence-electron chi connectivity index (χ4n) is 4.19. The first-order valence-electron chi connectivity index (χ1n) is 9.32. The minimum atomic E-state index is -0.581. The third-order valence-electron chi connectivity index (χ3n) is 5.86. The molecule has 0 spiro atoms. The van der Waals surface area contributed by atoms with Crippen LogP contribution in [0.15, 0.2) is 47.5 Å². The van der Waals surface area contributed by atoms with Crippen LogP contribution in [0.4, 0.5) is 17.1 Å². The van der Waals surface area contributed by atoms with Crippen molar-refractivity contribution in [2.24, 2.45) is 4.99 Å². The number of hydrogen-bond donors (Lipinski definition) is 0. The van der Waals surface area contributed by atoms with Gasteiger partial charge in [0.05, 0.1) is 25.6 Å². The number of anilines is 2. The molecule has 142 valence electrons. The van der Waals surface area contributed by atoms with E-state index in [0.29, 0.717) is 6.61 Å². The van der Waals surface area contributed by atoms with Gasteiger partial charge in [-0.3, -0.25) is 4.99 Å². The summed E-state index contributed by atoms with van der Waals surface area (Å²) in [5, 5.41) is 0. The lowest BCUT2D eigenvalue weighted by atomic mass is 9.78. The van der Waals surface area contributed by atoms with Crippen LogP contribution in [0.1, 0.15) is 19.4 Å². The number of benzene rings is 2. The molecule has 0 saturated carbocycles. The van der Waals surface area contributed by atoms with Gasteiger partial charge in [-0.15, -0.1) is 0 Å². The molecule has 2 aliphatic heterocycles. The van der Waals surface area contributed by atoms with E-state index >= 15 is 0 Å². The van der Waals surface area contributed by atoms with Gasteiger partial charge in [0.2, 0.25) is 0 Å². The minimum Gasteiger partial charge on any atom is -0.497 e. The Labute approximate surface area is 161 Å². The highest BCUT2D eigenvalue weighted by molar-refractivity contribution is 5.86. The number of rotatable bonds is 4. The third-order valence-corrected chi connectivity index (χ3v) is 5.86. The van der Waals surface area contributed by atoms with E-state index in [0.717, 1.165) is 23.7 Å². The summed E-state index contributed by atoms with van der Waals surface area (Å²) < 4.78 is 11.8. The second-order valence-electron chi connectivity index (χ2n) is 7.87. The quantitative estimate of drug-likeness (QED) is 0.768. The highest BCUT2D eigenvalue weighted by Crippen LogP contribution is 2.54. The predicted octanol–water partition coefficient (Wildman–Crippen LogP) is 3.99. The molecule has 2 aromatic rings. The van der Waals surface area contributed by atoms with Crippen molar-refractivity contribution in [1.82, 2.24) is 0 Å². The third kappa shape index (κ3) is 2.60. The Kier molecular flexibility index (Phi) is 4.15. The maximum absolute atomic E-state index is 6.35. The number of ether oxygens (including phenoxy) is 2. The molecule has 0 N–H and O–H groups in total. The first-order chi connectivity index (χ1) is 12.9. The van der Waals surface area contributed by atoms with E-state index in [2.05, 4.69) is 47.9 Å². The number of aliphatic imine (C=N–C) groups is 1. The van der Waals surface area contributed by atoms with Crippen LogP contribution in [0, 0.1) is 0 Å². The van der Waals surface area contributed by atoms with Crippen LogP contribution in [0.3, 0.4) is 0 Å². The van der Waals surface area contributed by atoms with E-state index in [4.69, 9.17) is 14.5 Å². The molecule has 5 nitrogen and oxygen atoms in total. The highest BCUT2D eigenvalue weighted by Gasteiger charge is 2.60. The van der Waals surface area contributed by atoms with Crippen LogP contribution in [0.25, 0.3) is 0 Å². The Hall–Kier alpha value is -2.53. The van der Waals surface area contributed by atoms with E-state index in [-0.39, 0.29) is 5.41 Å². The molecule has 2 heterocycles. The Morgan fingerprint density at radius 3 is 2.56 bits per heavy atom. The summed E-state index contributed by atoms with van der Waals surface area (Å²) in [7, 11) is 5.78. The Balaban J connectivity index is 1.72. The lowest BCUT2D eigenvalue weighted by Crippen LogP contribution is -2.54. The topological polar surface area (TPSA) is 37.3 Å². The van der Waals surface area contributed by atoms with Crippen molar-refractivity contribution in [3.63, 3.8) is 0 Å². The van der Waals surface area contributed by atoms with Crippen molar-refractivity contribution >= 4 is 23.3 Å². The van der Waals surface area contributed by atoms with Crippen molar-refractivity contribution in [3.8, 4) is 5.75 Å². The van der Waals surface area contributed by atoms with Gasteiger partial charge in [-0.1, -0.05) is 13.8 Å². The highest BCUT2D eigenvalue weighted by atomic mass is 16.5. The molecule has 0 amide bonds. The first-order valence-corrected chi connectivity index (χ1v) is 9.32. The van der Waals surface area contributed by atoms with Crippen molar-refractivity contribution in [3.05, 3.63) is 48.0 Å². The fourth-order valence-corrected chi connectivity index (χ4v) is 4.19. The summed E-state index contributed by atoms with van der Waals surface area (Å²) in [6.07, 6.45) is 1.98. The van der Waals surface area contributed by atoms with Gasteiger partial charge in [-0.2, -0.15) is 0 Å². The summed E-state index contributed by atoms with van der Waals surface area (Å²) in [5.41, 5.74) is 3.69. The molecule has 1 saturated heterocycles. The number of nitrogens with zero attached hydrogens (tertiary/aromatic N) is 3. The number of hydrogen-bond acceptors (Lipinski definition) is 5. The van der Waals surface area contributed by atoms with Gasteiger partial charge in [0.15, 0.2) is 5.72 Å². The van der Waals surface area contributed by atoms with Crippen LogP contribution in [-0.2, 0) is 10.2 Å². The lowest BCUT2D eigenvalue weighted by Gasteiger charge is -2.38. The average Bonchev–Trinajstić information content (AvgIpc) is 3.17. The molecular formula is C22H27N3O2. The molecule has 1 atom stereocenters. The first kappa shape index (κ1) is 17.9. The molecule has 2 aromatic carbocycles. The molecule has 2 aliphatic rings. The van der Waals surface area contributed by atoms with Gasteiger partial charge in [-0.05, 0) is 48.0 Å². The zero-order valence-corrected chi connectivity index (χ0v) is 16.7. The summed E-state index contributed by atoms with van der Waals surface area (Å²) in [6.45, 7) is 5.99. The smallest absolute Gasteiger partial charge is 0.187 e. The van der Waals surface area contributed by atoms with Gasteiger partial charge in [-0.25, -0.2) is 0 Å². The van der Waals surface area contributed by atoms with Crippen molar-refractivity contribution in [2.45, 2.75) is 25.0 Å². The molecule has 0 bridgehead atoms. The van der Waals surface area contributed by atoms with E-state index in [1.807, 2.05) is 38.5 Å². The maximum atomic E-state index is 6.35. The van der Waals surface area contributed by atoms with Gasteiger partial charge < -0.3 is 19.3 Å². The Morgan fingerprint density at radius 2 is 1.89 bits per heavy atom. The van der Waals surface area contributed by atoms with Gasteiger partial charge in [0.1, 0.15) is 5.75 Å². The van der Waals surface area contributed by atoms with Gasteiger partial charge >= 0.3 is 0 Å². The molecule has 1 unspecified atom stereocenters. The number of fused-ring (bicyclic) bond motifs is 3. The van der Waals surface area contributed by atoms with Crippen LogP contribution in [0.5, 0.6) is 5.75 Å². The van der Waals surface area contributed by atoms with E-state index in [1.54, 1.807) is 7.11 Å². The Morgan fingerprint density at radius 1 is 1.15 bits per heavy atom. The van der Waals surface area contributed by atoms with E-state index in [1.165, 1.54) is 11.3 Å². The molecule has 27 heavy (non-hydrogen) atoms. The molecule has 0 aromatic heterocycles. The van der Waals surface area contributed by atoms with Crippen molar-refractivity contribution in [2.75, 3.05) is 44.2 Å². The number of methoxy groups -OCH3 is 1. The van der Waals surface area contributed by atoms with Gasteiger partial charge in [0.25, 0.3) is 0 Å². The SMILES string of the molecule is COc1ccc2c(c1)C(C)(C)C1(C=Nc3ccc(N(C)C)cc3)OCCN21. The monoisotopic (exact) mass is 365 g/mol. The second-order valence-corrected chi connectivity index (χ2v) is 7.87. The molecule has 0 aliphatic carbocycles. The summed E-state index contributed by atoms with van der Waals surface area (Å²) >= 11 is 0. The molecule has 4 rings (SSSR count). The zero-order chi connectivity index (χ0) is 19.2. The van der Waals surface area contributed by atoms with Crippen molar-refractivity contribution in [1.29, 1.82) is 0 Å². The average molecular weight is 365 g/mol. The molecule has 1 fully saturated rings. The molecular weight excluding hydrogens is 338 g/mol. The zero-order valence-electron chi connectivity index (χ0n) is 16.7. The van der Waals surface area contributed by atoms with Crippen LogP contribution in [-0.4, -0.2) is 46.3 Å². The largest absolute Gasteiger partial charge is 0.497 e.